The van der Waals surface area contributed by atoms with Gasteiger partial charge in [-0.05, 0) is 42.0 Å². The third kappa shape index (κ3) is 8.62. The molecule has 10 nitrogen and oxygen atoms in total. The Kier molecular flexibility index (Phi) is 10.4. The number of ether oxygens (including phenoxy) is 1. The molecule has 0 spiro atoms. The molecule has 0 saturated carbocycles. The largest absolute Gasteiger partial charge is 0.405 e. The van der Waals surface area contributed by atoms with Crippen LogP contribution in [0.15, 0.2) is 79.0 Å². The zero-order valence-corrected chi connectivity index (χ0v) is 25.2. The topological polar surface area (TPSA) is 115 Å². The van der Waals surface area contributed by atoms with Crippen molar-refractivity contribution in [3.05, 3.63) is 112 Å². The van der Waals surface area contributed by atoms with E-state index in [-0.39, 0.29) is 24.5 Å². The average molecular weight is 658 g/mol. The maximum atomic E-state index is 13.2. The summed E-state index contributed by atoms with van der Waals surface area (Å²) in [7, 11) is 0. The van der Waals surface area contributed by atoms with Crippen LogP contribution in [-0.4, -0.2) is 61.2 Å². The number of thioether (sulfide) groups is 1. The number of pyridine rings is 1. The molecule has 0 radical (unpaired) electrons. The van der Waals surface area contributed by atoms with E-state index in [1.165, 1.54) is 28.9 Å². The molecule has 0 aliphatic rings. The lowest BCUT2D eigenvalue weighted by atomic mass is 10.2. The number of halogens is 4. The summed E-state index contributed by atoms with van der Waals surface area (Å²) in [4.78, 5) is 29.8. The highest BCUT2D eigenvalue weighted by atomic mass is 35.5. The number of carbonyl (C=O) groups is 2. The molecule has 234 valence electrons. The van der Waals surface area contributed by atoms with Gasteiger partial charge in [-0.15, -0.1) is 5.10 Å². The molecule has 0 unspecified atom stereocenters. The second-order valence-electron chi connectivity index (χ2n) is 9.74. The number of imidazole rings is 1. The molecule has 3 heterocycles. The first-order valence-corrected chi connectivity index (χ1v) is 15.2. The van der Waals surface area contributed by atoms with Crippen molar-refractivity contribution in [2.45, 2.75) is 25.1 Å². The van der Waals surface area contributed by atoms with E-state index in [1.807, 2.05) is 54.0 Å². The number of alkyl halides is 3. The van der Waals surface area contributed by atoms with E-state index in [2.05, 4.69) is 20.6 Å². The fourth-order valence-corrected chi connectivity index (χ4v) is 5.23. The predicted octanol–water partition coefficient (Wildman–Crippen LogP) is 5.24. The van der Waals surface area contributed by atoms with Gasteiger partial charge in [-0.25, -0.2) is 9.67 Å². The number of carbonyl (C=O) groups excluding carboxylic acids is 2. The van der Waals surface area contributed by atoms with E-state index < -0.39 is 24.5 Å². The van der Waals surface area contributed by atoms with Gasteiger partial charge in [0.2, 0.25) is 0 Å². The third-order valence-corrected chi connectivity index (χ3v) is 7.73. The van der Waals surface area contributed by atoms with E-state index >= 15 is 0 Å². The van der Waals surface area contributed by atoms with Crippen molar-refractivity contribution in [1.82, 2.24) is 35.0 Å². The molecule has 0 bridgehead atoms. The summed E-state index contributed by atoms with van der Waals surface area (Å²) >= 11 is 7.80. The second-order valence-corrected chi connectivity index (χ2v) is 11.2. The van der Waals surface area contributed by atoms with Crippen molar-refractivity contribution in [1.29, 1.82) is 0 Å². The molecule has 2 amide bonds. The number of rotatable bonds is 13. The van der Waals surface area contributed by atoms with Crippen LogP contribution in [0.2, 0.25) is 5.15 Å². The summed E-state index contributed by atoms with van der Waals surface area (Å²) in [5, 5.41) is 13.5. The minimum Gasteiger partial charge on any atom is -0.370 e. The quantitative estimate of drug-likeness (QED) is 0.131. The standard InChI is InChI=1S/C30H27ClF3N7O3S/c31-25-7-4-8-26-37-22(15-40(25)26)18-45-14-13-35-29(43)27-24(17-44-16-20-5-2-1-3-6-20)41(39-38-27)23-11-9-21(10-12-23)28(42)36-19-30(32,33)34/h1-12,15H,13-14,16-19H2,(H,35,43)(H,36,42). The lowest BCUT2D eigenvalue weighted by Gasteiger charge is -2.11. The van der Waals surface area contributed by atoms with Crippen molar-refractivity contribution < 1.29 is 27.5 Å². The van der Waals surface area contributed by atoms with E-state index in [0.717, 1.165) is 16.9 Å². The normalized spacial score (nSPS) is 11.6. The SMILES string of the molecule is O=C(NCC(F)(F)F)c1ccc(-n2nnc(C(=O)NCCSCc3cn4c(Cl)cccc4n3)c2COCc2ccccc2)cc1. The van der Waals surface area contributed by atoms with E-state index in [9.17, 15) is 22.8 Å². The number of benzene rings is 2. The van der Waals surface area contributed by atoms with Gasteiger partial charge in [0.15, 0.2) is 5.69 Å². The van der Waals surface area contributed by atoms with Crippen molar-refractivity contribution in [3.8, 4) is 5.69 Å². The Balaban J connectivity index is 1.23. The summed E-state index contributed by atoms with van der Waals surface area (Å²) in [6.07, 6.45) is -2.64. The number of aromatic nitrogens is 5. The zero-order chi connectivity index (χ0) is 31.8. The lowest BCUT2D eigenvalue weighted by molar-refractivity contribution is -0.123. The van der Waals surface area contributed by atoms with Crippen molar-refractivity contribution >= 4 is 40.8 Å². The fraction of sp³-hybridized carbons (Fsp3) is 0.233. The van der Waals surface area contributed by atoms with Gasteiger partial charge in [0, 0.05) is 29.8 Å². The van der Waals surface area contributed by atoms with Crippen LogP contribution in [-0.2, 0) is 23.7 Å². The maximum Gasteiger partial charge on any atom is 0.405 e. The minimum atomic E-state index is -4.52. The van der Waals surface area contributed by atoms with Crippen LogP contribution in [0.5, 0.6) is 0 Å². The highest BCUT2D eigenvalue weighted by molar-refractivity contribution is 7.98. The molecule has 45 heavy (non-hydrogen) atoms. The molecule has 0 atom stereocenters. The Morgan fingerprint density at radius 1 is 0.933 bits per heavy atom. The zero-order valence-electron chi connectivity index (χ0n) is 23.6. The molecular weight excluding hydrogens is 631 g/mol. The molecule has 0 saturated heterocycles. The number of fused-ring (bicyclic) bond motifs is 1. The monoisotopic (exact) mass is 657 g/mol. The van der Waals surface area contributed by atoms with Crippen molar-refractivity contribution in [2.24, 2.45) is 0 Å². The summed E-state index contributed by atoms with van der Waals surface area (Å²) in [6.45, 7) is -0.817. The van der Waals surface area contributed by atoms with E-state index in [1.54, 1.807) is 22.2 Å². The van der Waals surface area contributed by atoms with Crippen LogP contribution in [0.25, 0.3) is 11.3 Å². The summed E-state index contributed by atoms with van der Waals surface area (Å²) in [5.74, 6) is -0.0684. The van der Waals surface area contributed by atoms with Crippen molar-refractivity contribution in [2.75, 3.05) is 18.8 Å². The molecule has 0 fully saturated rings. The third-order valence-electron chi connectivity index (χ3n) is 6.43. The van der Waals surface area contributed by atoms with Gasteiger partial charge in [0.1, 0.15) is 23.0 Å². The molecule has 2 aromatic carbocycles. The van der Waals surface area contributed by atoms with Gasteiger partial charge in [-0.2, -0.15) is 24.9 Å². The Bertz CT molecular complexity index is 1760. The van der Waals surface area contributed by atoms with Crippen LogP contribution in [0.4, 0.5) is 13.2 Å². The first-order chi connectivity index (χ1) is 21.7. The predicted molar refractivity (Wildman–Crippen MR) is 163 cm³/mol. The van der Waals surface area contributed by atoms with E-state index in [4.69, 9.17) is 16.3 Å². The Hall–Kier alpha value is -4.40. The molecule has 5 rings (SSSR count). The average Bonchev–Trinajstić information content (AvgIpc) is 3.65. The van der Waals surface area contributed by atoms with Crippen LogP contribution in [0.1, 0.15) is 37.8 Å². The van der Waals surface area contributed by atoms with Crippen LogP contribution in [0.3, 0.4) is 0 Å². The molecule has 15 heteroatoms. The lowest BCUT2D eigenvalue weighted by Crippen LogP contribution is -2.33. The highest BCUT2D eigenvalue weighted by Crippen LogP contribution is 2.19. The molecule has 0 aliphatic carbocycles. The second kappa shape index (κ2) is 14.6. The van der Waals surface area contributed by atoms with E-state index in [0.29, 0.717) is 34.6 Å². The number of nitrogens with one attached hydrogen (secondary N) is 2. The summed E-state index contributed by atoms with van der Waals surface area (Å²) < 4.78 is 46.6. The first-order valence-electron chi connectivity index (χ1n) is 13.7. The van der Waals surface area contributed by atoms with Gasteiger partial charge >= 0.3 is 6.18 Å². The molecule has 5 aromatic rings. The molecule has 3 aromatic heterocycles. The number of hydrogen-bond donors (Lipinski definition) is 2. The number of amides is 2. The van der Waals surface area contributed by atoms with Crippen molar-refractivity contribution in [3.63, 3.8) is 0 Å². The Morgan fingerprint density at radius 3 is 2.44 bits per heavy atom. The summed E-state index contributed by atoms with van der Waals surface area (Å²) in [6, 6.07) is 20.7. The fourth-order valence-electron chi connectivity index (χ4n) is 4.29. The smallest absolute Gasteiger partial charge is 0.370 e. The van der Waals surface area contributed by atoms with Gasteiger partial charge in [0.05, 0.1) is 24.6 Å². The van der Waals surface area contributed by atoms with Gasteiger partial charge in [-0.1, -0.05) is 53.2 Å². The van der Waals surface area contributed by atoms with Crippen LogP contribution in [0, 0.1) is 0 Å². The highest BCUT2D eigenvalue weighted by Gasteiger charge is 2.28. The summed E-state index contributed by atoms with van der Waals surface area (Å²) in [5.41, 5.74) is 3.46. The Labute approximate surface area is 264 Å². The number of nitrogens with zero attached hydrogens (tertiary/aromatic N) is 5. The Morgan fingerprint density at radius 2 is 1.71 bits per heavy atom. The molecule has 0 aliphatic heterocycles. The maximum absolute atomic E-state index is 13.2. The number of hydrogen-bond acceptors (Lipinski definition) is 7. The van der Waals surface area contributed by atoms with Gasteiger partial charge in [-0.3, -0.25) is 14.0 Å². The van der Waals surface area contributed by atoms with Gasteiger partial charge < -0.3 is 15.4 Å². The minimum absolute atomic E-state index is 0.0103. The molecular formula is C30H27ClF3N7O3S. The van der Waals surface area contributed by atoms with Gasteiger partial charge in [0.25, 0.3) is 11.8 Å². The first kappa shape index (κ1) is 32.0. The van der Waals surface area contributed by atoms with Crippen LogP contribution < -0.4 is 10.6 Å². The van der Waals surface area contributed by atoms with Crippen LogP contribution >= 0.6 is 23.4 Å². The molecule has 2 N–H and O–H groups in total.